The summed E-state index contributed by atoms with van der Waals surface area (Å²) in [6, 6.07) is 19.6. The third-order valence-corrected chi connectivity index (χ3v) is 5.61. The molecule has 0 heterocycles. The number of benzene rings is 2. The standard InChI is InChI=1S/C17H22NO3P/c1-3-20-22(19,21-4-2)17(15-11-7-5-8-12-15)18-16-13-9-6-10-14-16/h5-14,17-18H,3-4H2,1-2H3/p+1. The van der Waals surface area contributed by atoms with Crippen LogP contribution in [-0.4, -0.2) is 13.2 Å². The molecule has 2 N–H and O–H groups in total. The van der Waals surface area contributed by atoms with Crippen molar-refractivity contribution in [1.29, 1.82) is 0 Å². The summed E-state index contributed by atoms with van der Waals surface area (Å²) in [5.41, 5.74) is 1.92. The van der Waals surface area contributed by atoms with Gasteiger partial charge in [0.2, 0.25) is 5.78 Å². The topological polar surface area (TPSA) is 52.1 Å². The smallest absolute Gasteiger partial charge is 0.304 e. The van der Waals surface area contributed by atoms with Gasteiger partial charge in [0.15, 0.2) is 0 Å². The van der Waals surface area contributed by atoms with Gasteiger partial charge in [-0.25, -0.2) is 0 Å². The van der Waals surface area contributed by atoms with Gasteiger partial charge in [-0.15, -0.1) is 0 Å². The lowest BCUT2D eigenvalue weighted by atomic mass is 10.2. The Hall–Kier alpha value is -1.45. The quantitative estimate of drug-likeness (QED) is 0.594. The van der Waals surface area contributed by atoms with Gasteiger partial charge in [0.25, 0.3) is 0 Å². The van der Waals surface area contributed by atoms with Crippen LogP contribution in [0.15, 0.2) is 60.7 Å². The fraction of sp³-hybridized carbons (Fsp3) is 0.294. The van der Waals surface area contributed by atoms with E-state index in [0.29, 0.717) is 13.2 Å². The van der Waals surface area contributed by atoms with Crippen molar-refractivity contribution in [1.82, 2.24) is 0 Å². The fourth-order valence-corrected chi connectivity index (χ4v) is 4.33. The molecule has 4 nitrogen and oxygen atoms in total. The molecule has 0 bridgehead atoms. The van der Waals surface area contributed by atoms with E-state index in [1.165, 1.54) is 0 Å². The van der Waals surface area contributed by atoms with Gasteiger partial charge in [-0.2, -0.15) is 0 Å². The SMILES string of the molecule is CCOP(=O)(OCC)C([NH2+]c1ccccc1)c1ccccc1. The Bertz CT molecular complexity index is 594. The van der Waals surface area contributed by atoms with Gasteiger partial charge in [-0.1, -0.05) is 48.5 Å². The summed E-state index contributed by atoms with van der Waals surface area (Å²) in [7, 11) is -3.27. The number of hydrogen-bond acceptors (Lipinski definition) is 3. The van der Waals surface area contributed by atoms with Crippen LogP contribution >= 0.6 is 7.60 Å². The second-order valence-electron chi connectivity index (χ2n) is 4.81. The maximum Gasteiger partial charge on any atom is 0.392 e. The molecule has 0 radical (unpaired) electrons. The van der Waals surface area contributed by atoms with Crippen molar-refractivity contribution in [2.75, 3.05) is 13.2 Å². The Morgan fingerprint density at radius 1 is 0.909 bits per heavy atom. The molecule has 0 saturated heterocycles. The van der Waals surface area contributed by atoms with Crippen LogP contribution in [0, 0.1) is 0 Å². The van der Waals surface area contributed by atoms with E-state index < -0.39 is 13.4 Å². The molecule has 0 fully saturated rings. The molecule has 0 aliphatic carbocycles. The van der Waals surface area contributed by atoms with E-state index in [1.54, 1.807) is 0 Å². The lowest BCUT2D eigenvalue weighted by Crippen LogP contribution is -2.79. The van der Waals surface area contributed by atoms with Crippen molar-refractivity contribution in [2.24, 2.45) is 0 Å². The van der Waals surface area contributed by atoms with Crippen molar-refractivity contribution in [3.8, 4) is 0 Å². The first-order chi connectivity index (χ1) is 10.7. The first-order valence-electron chi connectivity index (χ1n) is 7.53. The summed E-state index contributed by atoms with van der Waals surface area (Å²) in [4.78, 5) is 0. The number of hydrogen-bond donors (Lipinski definition) is 1. The second kappa shape index (κ2) is 8.25. The fourth-order valence-electron chi connectivity index (χ4n) is 2.32. The van der Waals surface area contributed by atoms with E-state index in [2.05, 4.69) is 0 Å². The molecule has 118 valence electrons. The van der Waals surface area contributed by atoms with Crippen LogP contribution in [0.25, 0.3) is 0 Å². The Balaban J connectivity index is 2.38. The lowest BCUT2D eigenvalue weighted by Gasteiger charge is -2.24. The van der Waals surface area contributed by atoms with Gasteiger partial charge >= 0.3 is 7.60 Å². The van der Waals surface area contributed by atoms with Crippen molar-refractivity contribution in [2.45, 2.75) is 19.6 Å². The monoisotopic (exact) mass is 320 g/mol. The van der Waals surface area contributed by atoms with E-state index in [4.69, 9.17) is 9.05 Å². The predicted octanol–water partition coefficient (Wildman–Crippen LogP) is 3.85. The van der Waals surface area contributed by atoms with Crippen LogP contribution in [0.5, 0.6) is 0 Å². The molecular formula is C17H23NO3P+. The van der Waals surface area contributed by atoms with Gasteiger partial charge in [-0.05, 0) is 26.0 Å². The van der Waals surface area contributed by atoms with Crippen LogP contribution in [0.3, 0.4) is 0 Å². The van der Waals surface area contributed by atoms with Crippen molar-refractivity contribution in [3.05, 3.63) is 66.2 Å². The second-order valence-corrected chi connectivity index (χ2v) is 6.96. The van der Waals surface area contributed by atoms with E-state index in [0.717, 1.165) is 11.3 Å². The molecule has 0 aromatic heterocycles. The summed E-state index contributed by atoms with van der Waals surface area (Å²) >= 11 is 0. The first-order valence-corrected chi connectivity index (χ1v) is 9.14. The summed E-state index contributed by atoms with van der Waals surface area (Å²) < 4.78 is 24.4. The van der Waals surface area contributed by atoms with Gasteiger partial charge in [0.1, 0.15) is 5.69 Å². The van der Waals surface area contributed by atoms with E-state index >= 15 is 0 Å². The molecule has 1 atom stereocenters. The molecule has 22 heavy (non-hydrogen) atoms. The van der Waals surface area contributed by atoms with Crippen LogP contribution in [-0.2, 0) is 13.6 Å². The van der Waals surface area contributed by atoms with Crippen molar-refractivity contribution < 1.29 is 18.9 Å². The molecule has 0 saturated carbocycles. The molecule has 2 aromatic carbocycles. The molecule has 1 unspecified atom stereocenters. The zero-order valence-corrected chi connectivity index (χ0v) is 13.9. The summed E-state index contributed by atoms with van der Waals surface area (Å²) in [5, 5.41) is 1.96. The van der Waals surface area contributed by atoms with Crippen LogP contribution in [0.4, 0.5) is 5.69 Å². The molecule has 0 spiro atoms. The zero-order valence-electron chi connectivity index (χ0n) is 13.0. The Morgan fingerprint density at radius 3 is 1.91 bits per heavy atom. The van der Waals surface area contributed by atoms with E-state index in [9.17, 15) is 4.57 Å². The van der Waals surface area contributed by atoms with Crippen LogP contribution in [0.1, 0.15) is 25.2 Å². The van der Waals surface area contributed by atoms with E-state index in [-0.39, 0.29) is 0 Å². The number of nitrogens with two attached hydrogens (primary N) is 1. The van der Waals surface area contributed by atoms with Gasteiger partial charge in [-0.3, -0.25) is 9.88 Å². The number of rotatable bonds is 8. The van der Waals surface area contributed by atoms with Crippen LogP contribution < -0.4 is 5.32 Å². The summed E-state index contributed by atoms with van der Waals surface area (Å²) in [5.74, 6) is -0.420. The molecule has 0 amide bonds. The first kappa shape index (κ1) is 16.9. The zero-order chi connectivity index (χ0) is 15.8. The Morgan fingerprint density at radius 2 is 1.41 bits per heavy atom. The highest BCUT2D eigenvalue weighted by atomic mass is 31.2. The number of quaternary nitrogens is 1. The minimum Gasteiger partial charge on any atom is -0.304 e. The number of para-hydroxylation sites is 1. The normalized spacial score (nSPS) is 13.0. The average molecular weight is 320 g/mol. The lowest BCUT2D eigenvalue weighted by molar-refractivity contribution is -0.597. The maximum absolute atomic E-state index is 13.2. The highest BCUT2D eigenvalue weighted by molar-refractivity contribution is 7.54. The molecule has 0 aliphatic rings. The largest absolute Gasteiger partial charge is 0.392 e. The summed E-state index contributed by atoms with van der Waals surface area (Å²) in [6.45, 7) is 4.36. The van der Waals surface area contributed by atoms with Gasteiger partial charge in [0.05, 0.1) is 13.2 Å². The Kier molecular flexibility index (Phi) is 6.34. The highest BCUT2D eigenvalue weighted by Gasteiger charge is 2.40. The van der Waals surface area contributed by atoms with E-state index in [1.807, 2.05) is 79.8 Å². The third kappa shape index (κ3) is 4.28. The minimum atomic E-state index is -3.27. The minimum absolute atomic E-state index is 0.350. The van der Waals surface area contributed by atoms with Crippen LogP contribution in [0.2, 0.25) is 0 Å². The van der Waals surface area contributed by atoms with Crippen molar-refractivity contribution >= 4 is 13.3 Å². The molecular weight excluding hydrogens is 297 g/mol. The molecule has 2 rings (SSSR count). The van der Waals surface area contributed by atoms with Gasteiger partial charge < -0.3 is 9.05 Å². The Labute approximate surface area is 132 Å². The molecule has 2 aromatic rings. The van der Waals surface area contributed by atoms with Gasteiger partial charge in [0, 0.05) is 5.56 Å². The molecule has 5 heteroatoms. The average Bonchev–Trinajstić information content (AvgIpc) is 2.55. The third-order valence-electron chi connectivity index (χ3n) is 3.25. The maximum atomic E-state index is 13.2. The van der Waals surface area contributed by atoms with Crippen molar-refractivity contribution in [3.63, 3.8) is 0 Å². The predicted molar refractivity (Wildman–Crippen MR) is 88.1 cm³/mol. The molecule has 0 aliphatic heterocycles. The highest BCUT2D eigenvalue weighted by Crippen LogP contribution is 2.57. The summed E-state index contributed by atoms with van der Waals surface area (Å²) in [6.07, 6.45) is 0.